The minimum atomic E-state index is -0.215. The van der Waals surface area contributed by atoms with Crippen LogP contribution in [0, 0.1) is 0 Å². The molecule has 1 aromatic heterocycles. The van der Waals surface area contributed by atoms with Gasteiger partial charge in [-0.15, -0.1) is 0 Å². The van der Waals surface area contributed by atoms with Crippen LogP contribution in [0.15, 0.2) is 36.7 Å². The first kappa shape index (κ1) is 19.8. The molecule has 0 aliphatic carbocycles. The standard InChI is InChI=1S/C20H29N5O/c1-20(2,3)16-7-9-17(10-8-16)24-18(26)15-13-22-19(23-14-15)21-11-6-12-25(4)5/h7-10,13-14H,6,11-12H2,1-5H3,(H,24,26)(H,21,22,23). The molecule has 0 fully saturated rings. The third-order valence-electron chi connectivity index (χ3n) is 3.99. The van der Waals surface area contributed by atoms with Crippen LogP contribution in [0.2, 0.25) is 0 Å². The lowest BCUT2D eigenvalue weighted by atomic mass is 9.87. The number of carbonyl (C=O) groups excluding carboxylic acids is 1. The molecule has 0 saturated carbocycles. The molecule has 1 aromatic carbocycles. The SMILES string of the molecule is CN(C)CCCNc1ncc(C(=O)Nc2ccc(C(C)(C)C)cc2)cn1. The molecule has 26 heavy (non-hydrogen) atoms. The van der Waals surface area contributed by atoms with Crippen LogP contribution in [0.4, 0.5) is 11.6 Å². The second-order valence-corrected chi connectivity index (χ2v) is 7.66. The molecule has 6 nitrogen and oxygen atoms in total. The molecule has 140 valence electrons. The molecule has 0 unspecified atom stereocenters. The van der Waals surface area contributed by atoms with Gasteiger partial charge in [0, 0.05) is 24.6 Å². The predicted octanol–water partition coefficient (Wildman–Crippen LogP) is 3.39. The number of amides is 1. The maximum absolute atomic E-state index is 12.3. The lowest BCUT2D eigenvalue weighted by Gasteiger charge is -2.19. The Morgan fingerprint density at radius 3 is 2.23 bits per heavy atom. The number of nitrogens with one attached hydrogen (secondary N) is 2. The van der Waals surface area contributed by atoms with Crippen molar-refractivity contribution >= 4 is 17.5 Å². The van der Waals surface area contributed by atoms with E-state index in [2.05, 4.69) is 46.3 Å². The maximum atomic E-state index is 12.3. The van der Waals surface area contributed by atoms with E-state index >= 15 is 0 Å². The third kappa shape index (κ3) is 6.11. The number of aromatic nitrogens is 2. The van der Waals surface area contributed by atoms with E-state index in [0.717, 1.165) is 25.2 Å². The van der Waals surface area contributed by atoms with Gasteiger partial charge in [-0.05, 0) is 50.2 Å². The first-order valence-corrected chi connectivity index (χ1v) is 8.88. The fourth-order valence-electron chi connectivity index (χ4n) is 2.39. The molecular weight excluding hydrogens is 326 g/mol. The van der Waals surface area contributed by atoms with Gasteiger partial charge in [0.05, 0.1) is 5.56 Å². The van der Waals surface area contributed by atoms with E-state index in [1.54, 1.807) is 12.4 Å². The summed E-state index contributed by atoms with van der Waals surface area (Å²) in [6.45, 7) is 8.28. The van der Waals surface area contributed by atoms with Gasteiger partial charge in [-0.25, -0.2) is 9.97 Å². The second kappa shape index (κ2) is 8.76. The molecule has 6 heteroatoms. The summed E-state index contributed by atoms with van der Waals surface area (Å²) in [7, 11) is 4.08. The van der Waals surface area contributed by atoms with Gasteiger partial charge in [-0.1, -0.05) is 32.9 Å². The van der Waals surface area contributed by atoms with Crippen molar-refractivity contribution in [2.75, 3.05) is 37.8 Å². The van der Waals surface area contributed by atoms with Crippen molar-refractivity contribution in [3.8, 4) is 0 Å². The Labute approximate surface area is 156 Å². The highest BCUT2D eigenvalue weighted by Gasteiger charge is 2.13. The smallest absolute Gasteiger partial charge is 0.258 e. The Hall–Kier alpha value is -2.47. The lowest BCUT2D eigenvalue weighted by Crippen LogP contribution is -2.17. The highest BCUT2D eigenvalue weighted by Crippen LogP contribution is 2.23. The predicted molar refractivity (Wildman–Crippen MR) is 107 cm³/mol. The van der Waals surface area contributed by atoms with Gasteiger partial charge in [0.2, 0.25) is 5.95 Å². The van der Waals surface area contributed by atoms with Crippen LogP contribution in [0.1, 0.15) is 43.1 Å². The molecule has 2 rings (SSSR count). The zero-order valence-electron chi connectivity index (χ0n) is 16.3. The van der Waals surface area contributed by atoms with Crippen LogP contribution >= 0.6 is 0 Å². The van der Waals surface area contributed by atoms with Crippen molar-refractivity contribution in [3.05, 3.63) is 47.8 Å². The van der Waals surface area contributed by atoms with E-state index in [-0.39, 0.29) is 11.3 Å². The van der Waals surface area contributed by atoms with Crippen LogP contribution in [-0.4, -0.2) is 48.0 Å². The van der Waals surface area contributed by atoms with Crippen molar-refractivity contribution in [3.63, 3.8) is 0 Å². The van der Waals surface area contributed by atoms with Gasteiger partial charge >= 0.3 is 0 Å². The Balaban J connectivity index is 1.89. The number of anilines is 2. The fraction of sp³-hybridized carbons (Fsp3) is 0.450. The van der Waals surface area contributed by atoms with Crippen molar-refractivity contribution in [2.24, 2.45) is 0 Å². The molecular formula is C20H29N5O. The zero-order chi connectivity index (χ0) is 19.2. The summed E-state index contributed by atoms with van der Waals surface area (Å²) in [5.41, 5.74) is 2.51. The Kier molecular flexibility index (Phi) is 6.69. The molecule has 1 amide bonds. The molecule has 2 N–H and O–H groups in total. The van der Waals surface area contributed by atoms with Crippen LogP contribution in [0.25, 0.3) is 0 Å². The van der Waals surface area contributed by atoms with Crippen LogP contribution in [0.3, 0.4) is 0 Å². The molecule has 0 aliphatic rings. The fourth-order valence-corrected chi connectivity index (χ4v) is 2.39. The van der Waals surface area contributed by atoms with Gasteiger partial charge in [0.15, 0.2) is 0 Å². The van der Waals surface area contributed by atoms with Crippen molar-refractivity contribution < 1.29 is 4.79 Å². The number of hydrogen-bond donors (Lipinski definition) is 2. The Bertz CT molecular complexity index is 702. The number of carbonyl (C=O) groups is 1. The normalized spacial score (nSPS) is 11.5. The van der Waals surface area contributed by atoms with E-state index in [4.69, 9.17) is 0 Å². The third-order valence-corrected chi connectivity index (χ3v) is 3.99. The number of benzene rings is 1. The quantitative estimate of drug-likeness (QED) is 0.745. The van der Waals surface area contributed by atoms with E-state index in [1.165, 1.54) is 5.56 Å². The van der Waals surface area contributed by atoms with Gasteiger partial charge in [-0.2, -0.15) is 0 Å². The number of nitrogens with zero attached hydrogens (tertiary/aromatic N) is 3. The van der Waals surface area contributed by atoms with Crippen molar-refractivity contribution in [1.82, 2.24) is 14.9 Å². The highest BCUT2D eigenvalue weighted by atomic mass is 16.1. The molecule has 0 spiro atoms. The Morgan fingerprint density at radius 2 is 1.69 bits per heavy atom. The molecule has 2 aromatic rings. The van der Waals surface area contributed by atoms with Crippen molar-refractivity contribution in [2.45, 2.75) is 32.6 Å². The molecule has 0 saturated heterocycles. The first-order chi connectivity index (χ1) is 12.3. The summed E-state index contributed by atoms with van der Waals surface area (Å²) in [5.74, 6) is 0.322. The topological polar surface area (TPSA) is 70.2 Å². The average Bonchev–Trinajstić information content (AvgIpc) is 2.59. The van der Waals surface area contributed by atoms with Crippen LogP contribution < -0.4 is 10.6 Å². The summed E-state index contributed by atoms with van der Waals surface area (Å²) in [5, 5.41) is 6.03. The number of hydrogen-bond acceptors (Lipinski definition) is 5. The monoisotopic (exact) mass is 355 g/mol. The average molecular weight is 355 g/mol. The summed E-state index contributed by atoms with van der Waals surface area (Å²) in [6, 6.07) is 7.90. The molecule has 0 bridgehead atoms. The van der Waals surface area contributed by atoms with E-state index in [0.29, 0.717) is 11.5 Å². The second-order valence-electron chi connectivity index (χ2n) is 7.66. The molecule has 0 atom stereocenters. The Morgan fingerprint density at radius 1 is 1.08 bits per heavy atom. The highest BCUT2D eigenvalue weighted by molar-refractivity contribution is 6.03. The zero-order valence-corrected chi connectivity index (χ0v) is 16.3. The minimum absolute atomic E-state index is 0.0890. The van der Waals surface area contributed by atoms with Crippen LogP contribution in [-0.2, 0) is 5.41 Å². The van der Waals surface area contributed by atoms with Gasteiger partial charge < -0.3 is 15.5 Å². The van der Waals surface area contributed by atoms with E-state index < -0.39 is 0 Å². The first-order valence-electron chi connectivity index (χ1n) is 8.88. The van der Waals surface area contributed by atoms with Gasteiger partial charge in [0.1, 0.15) is 0 Å². The van der Waals surface area contributed by atoms with Crippen LogP contribution in [0.5, 0.6) is 0 Å². The summed E-state index contributed by atoms with van der Waals surface area (Å²) >= 11 is 0. The van der Waals surface area contributed by atoms with E-state index in [9.17, 15) is 4.79 Å². The summed E-state index contributed by atoms with van der Waals surface area (Å²) in [6.07, 6.45) is 4.09. The maximum Gasteiger partial charge on any atom is 0.258 e. The van der Waals surface area contributed by atoms with Crippen molar-refractivity contribution in [1.29, 1.82) is 0 Å². The molecule has 0 aliphatic heterocycles. The lowest BCUT2D eigenvalue weighted by molar-refractivity contribution is 0.102. The van der Waals surface area contributed by atoms with Gasteiger partial charge in [-0.3, -0.25) is 4.79 Å². The molecule has 0 radical (unpaired) electrons. The summed E-state index contributed by atoms with van der Waals surface area (Å²) in [4.78, 5) is 22.9. The van der Waals surface area contributed by atoms with Gasteiger partial charge in [0.25, 0.3) is 5.91 Å². The summed E-state index contributed by atoms with van der Waals surface area (Å²) < 4.78 is 0. The minimum Gasteiger partial charge on any atom is -0.354 e. The number of rotatable bonds is 7. The molecule has 1 heterocycles. The van der Waals surface area contributed by atoms with E-state index in [1.807, 2.05) is 38.4 Å². The largest absolute Gasteiger partial charge is 0.354 e.